The van der Waals surface area contributed by atoms with Crippen LogP contribution in [0.4, 0.5) is 5.69 Å². The number of anilines is 1. The highest BCUT2D eigenvalue weighted by Gasteiger charge is 2.23. The van der Waals surface area contributed by atoms with E-state index in [-0.39, 0.29) is 17.2 Å². The number of thiophene rings is 1. The molecule has 2 heterocycles. The van der Waals surface area contributed by atoms with Gasteiger partial charge in [0.25, 0.3) is 5.56 Å². The fourth-order valence-corrected chi connectivity index (χ4v) is 6.72. The van der Waals surface area contributed by atoms with Crippen LogP contribution in [0.3, 0.4) is 0 Å². The normalized spacial score (nSPS) is 12.7. The molecule has 0 fully saturated rings. The van der Waals surface area contributed by atoms with Crippen LogP contribution in [0.1, 0.15) is 47.5 Å². The van der Waals surface area contributed by atoms with Crippen molar-refractivity contribution in [2.75, 3.05) is 24.3 Å². The molecular formula is C29H29N3O5S2. The highest BCUT2D eigenvalue weighted by molar-refractivity contribution is 7.99. The van der Waals surface area contributed by atoms with Crippen LogP contribution in [0.2, 0.25) is 0 Å². The first kappa shape index (κ1) is 27.0. The minimum absolute atomic E-state index is 0.0553. The minimum atomic E-state index is -0.407. The largest absolute Gasteiger partial charge is 0.494 e. The number of carbonyl (C=O) groups excluding carboxylic acids is 2. The molecule has 0 atom stereocenters. The summed E-state index contributed by atoms with van der Waals surface area (Å²) in [5.41, 5.74) is 2.66. The van der Waals surface area contributed by atoms with Gasteiger partial charge in [0.2, 0.25) is 5.91 Å². The second-order valence-electron chi connectivity index (χ2n) is 8.99. The quantitative estimate of drug-likeness (QED) is 0.160. The van der Waals surface area contributed by atoms with Gasteiger partial charge in [-0.2, -0.15) is 0 Å². The highest BCUT2D eigenvalue weighted by Crippen LogP contribution is 2.35. The number of aryl methyl sites for hydroxylation is 2. The molecule has 8 nitrogen and oxygen atoms in total. The third kappa shape index (κ3) is 5.86. The van der Waals surface area contributed by atoms with E-state index in [0.717, 1.165) is 41.8 Å². The predicted octanol–water partition coefficient (Wildman–Crippen LogP) is 5.63. The number of benzene rings is 2. The van der Waals surface area contributed by atoms with Crippen molar-refractivity contribution in [3.63, 3.8) is 0 Å². The summed E-state index contributed by atoms with van der Waals surface area (Å²) < 4.78 is 12.2. The maximum Gasteiger partial charge on any atom is 0.338 e. The Labute approximate surface area is 234 Å². The average Bonchev–Trinajstić information content (AvgIpc) is 3.32. The van der Waals surface area contributed by atoms with Crippen LogP contribution in [-0.4, -0.2) is 40.4 Å². The topological polar surface area (TPSA) is 99.5 Å². The zero-order valence-electron chi connectivity index (χ0n) is 21.8. The number of amides is 1. The fraction of sp³-hybridized carbons (Fsp3) is 0.310. The Hall–Kier alpha value is -3.63. The van der Waals surface area contributed by atoms with Crippen molar-refractivity contribution in [3.05, 3.63) is 74.9 Å². The van der Waals surface area contributed by atoms with Gasteiger partial charge in [-0.1, -0.05) is 11.8 Å². The lowest BCUT2D eigenvalue weighted by molar-refractivity contribution is -0.113. The molecule has 0 unspecified atom stereocenters. The van der Waals surface area contributed by atoms with Gasteiger partial charge in [0.05, 0.1) is 35.6 Å². The molecule has 1 N–H and O–H groups in total. The molecule has 1 aliphatic rings. The second-order valence-corrected chi connectivity index (χ2v) is 11.0. The summed E-state index contributed by atoms with van der Waals surface area (Å²) in [6.07, 6.45) is 4.05. The smallest absolute Gasteiger partial charge is 0.338 e. The van der Waals surface area contributed by atoms with Crippen molar-refractivity contribution in [2.24, 2.45) is 0 Å². The van der Waals surface area contributed by atoms with E-state index in [0.29, 0.717) is 40.7 Å². The molecule has 0 bridgehead atoms. The Kier molecular flexibility index (Phi) is 8.33. The molecule has 5 rings (SSSR count). The third-order valence-electron chi connectivity index (χ3n) is 6.38. The third-order valence-corrected chi connectivity index (χ3v) is 8.50. The molecule has 1 aliphatic carbocycles. The summed E-state index contributed by atoms with van der Waals surface area (Å²) in [5.74, 6) is 0.121. The number of carbonyl (C=O) groups is 2. The van der Waals surface area contributed by atoms with Crippen LogP contribution in [0.15, 0.2) is 58.5 Å². The van der Waals surface area contributed by atoms with Crippen molar-refractivity contribution in [2.45, 2.75) is 44.7 Å². The summed E-state index contributed by atoms with van der Waals surface area (Å²) >= 11 is 2.80. The van der Waals surface area contributed by atoms with E-state index >= 15 is 0 Å². The number of aromatic nitrogens is 2. The Balaban J connectivity index is 1.42. The summed E-state index contributed by atoms with van der Waals surface area (Å²) in [4.78, 5) is 45.5. The van der Waals surface area contributed by atoms with Gasteiger partial charge in [0.1, 0.15) is 10.6 Å². The molecule has 0 spiro atoms. The summed E-state index contributed by atoms with van der Waals surface area (Å²) in [6.45, 7) is 4.52. The van der Waals surface area contributed by atoms with Crippen LogP contribution in [0.25, 0.3) is 15.9 Å². The lowest BCUT2D eigenvalue weighted by Gasteiger charge is -2.14. The molecule has 0 aliphatic heterocycles. The molecule has 10 heteroatoms. The fourth-order valence-electron chi connectivity index (χ4n) is 4.60. The standard InChI is InChI=1S/C29H29N3O5S2/c1-3-36-21-15-13-20(14-16-21)32-27(34)25-22-7-5-6-8-23(22)39-26(25)31-29(32)38-17-24(33)30-19-11-9-18(10-12-19)28(35)37-4-2/h9-16H,3-8,17H2,1-2H3,(H,30,33). The highest BCUT2D eigenvalue weighted by atomic mass is 32.2. The van der Waals surface area contributed by atoms with Crippen molar-refractivity contribution in [1.82, 2.24) is 9.55 Å². The van der Waals surface area contributed by atoms with E-state index in [1.165, 1.54) is 16.6 Å². The van der Waals surface area contributed by atoms with Gasteiger partial charge in [-0.05, 0) is 93.6 Å². The van der Waals surface area contributed by atoms with E-state index in [2.05, 4.69) is 5.32 Å². The van der Waals surface area contributed by atoms with Crippen LogP contribution < -0.4 is 15.6 Å². The maximum absolute atomic E-state index is 13.9. The van der Waals surface area contributed by atoms with Gasteiger partial charge in [0.15, 0.2) is 5.16 Å². The summed E-state index contributed by atoms with van der Waals surface area (Å²) in [6, 6.07) is 13.9. The number of rotatable bonds is 9. The maximum atomic E-state index is 13.9. The number of thioether (sulfide) groups is 1. The molecule has 1 amide bonds. The van der Waals surface area contributed by atoms with Crippen LogP contribution in [0, 0.1) is 0 Å². The van der Waals surface area contributed by atoms with E-state index in [1.54, 1.807) is 47.1 Å². The molecule has 0 saturated carbocycles. The van der Waals surface area contributed by atoms with Gasteiger partial charge in [-0.3, -0.25) is 14.2 Å². The van der Waals surface area contributed by atoms with Crippen molar-refractivity contribution in [1.29, 1.82) is 0 Å². The van der Waals surface area contributed by atoms with Gasteiger partial charge in [-0.15, -0.1) is 11.3 Å². The zero-order chi connectivity index (χ0) is 27.4. The van der Waals surface area contributed by atoms with E-state index in [1.807, 2.05) is 31.2 Å². The zero-order valence-corrected chi connectivity index (χ0v) is 23.5. The molecule has 39 heavy (non-hydrogen) atoms. The first-order valence-corrected chi connectivity index (χ1v) is 14.8. The Morgan fingerprint density at radius 2 is 1.77 bits per heavy atom. The second kappa shape index (κ2) is 12.0. The van der Waals surface area contributed by atoms with E-state index in [4.69, 9.17) is 14.5 Å². The van der Waals surface area contributed by atoms with Crippen LogP contribution >= 0.6 is 23.1 Å². The van der Waals surface area contributed by atoms with Gasteiger partial charge >= 0.3 is 5.97 Å². The molecule has 0 radical (unpaired) electrons. The molecule has 2 aromatic heterocycles. The molecular weight excluding hydrogens is 534 g/mol. The number of hydrogen-bond donors (Lipinski definition) is 1. The van der Waals surface area contributed by atoms with Gasteiger partial charge in [0, 0.05) is 10.6 Å². The minimum Gasteiger partial charge on any atom is -0.494 e. The first-order chi connectivity index (χ1) is 19.0. The van der Waals surface area contributed by atoms with Crippen LogP contribution in [-0.2, 0) is 22.4 Å². The van der Waals surface area contributed by atoms with E-state index < -0.39 is 5.97 Å². The molecule has 4 aromatic rings. The Morgan fingerprint density at radius 3 is 2.49 bits per heavy atom. The monoisotopic (exact) mass is 563 g/mol. The Bertz CT molecular complexity index is 1560. The number of esters is 1. The van der Waals surface area contributed by atoms with Crippen LogP contribution in [0.5, 0.6) is 5.75 Å². The number of ether oxygens (including phenoxy) is 2. The SMILES string of the molecule is CCOC(=O)c1ccc(NC(=O)CSc2nc3sc4c(c3c(=O)n2-c2ccc(OCC)cc2)CCCC4)cc1. The lowest BCUT2D eigenvalue weighted by atomic mass is 9.97. The number of nitrogens with zero attached hydrogens (tertiary/aromatic N) is 2. The number of nitrogens with one attached hydrogen (secondary N) is 1. The Morgan fingerprint density at radius 1 is 1.03 bits per heavy atom. The predicted molar refractivity (Wildman–Crippen MR) is 155 cm³/mol. The lowest BCUT2D eigenvalue weighted by Crippen LogP contribution is -2.23. The molecule has 0 saturated heterocycles. The molecule has 202 valence electrons. The van der Waals surface area contributed by atoms with Gasteiger partial charge in [-0.25, -0.2) is 9.78 Å². The van der Waals surface area contributed by atoms with Crippen molar-refractivity contribution >= 4 is 50.9 Å². The summed E-state index contributed by atoms with van der Waals surface area (Å²) in [5, 5.41) is 4.00. The first-order valence-electron chi connectivity index (χ1n) is 13.0. The van der Waals surface area contributed by atoms with Crippen molar-refractivity contribution < 1.29 is 19.1 Å². The van der Waals surface area contributed by atoms with Gasteiger partial charge < -0.3 is 14.8 Å². The number of fused-ring (bicyclic) bond motifs is 3. The average molecular weight is 564 g/mol. The van der Waals surface area contributed by atoms with Crippen molar-refractivity contribution in [3.8, 4) is 11.4 Å². The molecule has 2 aromatic carbocycles. The number of hydrogen-bond acceptors (Lipinski definition) is 8. The summed E-state index contributed by atoms with van der Waals surface area (Å²) in [7, 11) is 0. The van der Waals surface area contributed by atoms with E-state index in [9.17, 15) is 14.4 Å².